The van der Waals surface area contributed by atoms with Gasteiger partial charge >= 0.3 is 0 Å². The fourth-order valence-corrected chi connectivity index (χ4v) is 0.751. The number of rotatable bonds is 3. The Morgan fingerprint density at radius 2 is 1.90 bits per heavy atom. The molecule has 2 heteroatoms. The van der Waals surface area contributed by atoms with Gasteiger partial charge in [-0.3, -0.25) is 0 Å². The Morgan fingerprint density at radius 3 is 2.50 bits per heavy atom. The van der Waals surface area contributed by atoms with Gasteiger partial charge in [-0.2, -0.15) is 6.51 Å². The molecule has 0 aliphatic rings. The Morgan fingerprint density at radius 1 is 1.20 bits per heavy atom. The summed E-state index contributed by atoms with van der Waals surface area (Å²) in [6.07, 6.45) is 0. The van der Waals surface area contributed by atoms with Gasteiger partial charge in [0.05, 0.1) is 6.61 Å². The van der Waals surface area contributed by atoms with Gasteiger partial charge in [-0.15, -0.1) is 0 Å². The summed E-state index contributed by atoms with van der Waals surface area (Å²) < 4.78 is 5.00. The zero-order valence-electron chi connectivity index (χ0n) is 5.79. The van der Waals surface area contributed by atoms with E-state index in [1.165, 1.54) is 0 Å². The first-order valence-electron chi connectivity index (χ1n) is 3.25. The third-order valence-corrected chi connectivity index (χ3v) is 1.23. The van der Waals surface area contributed by atoms with Gasteiger partial charge < -0.3 is 12.6 Å². The van der Waals surface area contributed by atoms with Crippen molar-refractivity contribution in [2.75, 3.05) is 6.51 Å². The van der Waals surface area contributed by atoms with Crippen LogP contribution in [0.1, 0.15) is 5.56 Å². The summed E-state index contributed by atoms with van der Waals surface area (Å²) in [5.41, 5.74) is 1.16. The van der Waals surface area contributed by atoms with Crippen LogP contribution < -0.4 is 0 Å². The standard InChI is InChI=1S/C8H9BO/c9-7-10-6-8-4-2-1-3-5-8/h1-5H,6-7H2/q-1. The van der Waals surface area contributed by atoms with Gasteiger partial charge in [0.1, 0.15) is 0 Å². The highest BCUT2D eigenvalue weighted by atomic mass is 16.5. The largest absolute Gasteiger partial charge is 0.589 e. The van der Waals surface area contributed by atoms with Crippen molar-refractivity contribution in [2.24, 2.45) is 0 Å². The van der Waals surface area contributed by atoms with E-state index in [0.717, 1.165) is 5.56 Å². The van der Waals surface area contributed by atoms with Crippen LogP contribution in [0.2, 0.25) is 0 Å². The molecule has 0 fully saturated rings. The van der Waals surface area contributed by atoms with E-state index in [9.17, 15) is 0 Å². The lowest BCUT2D eigenvalue weighted by atomic mass is 10.2. The highest BCUT2D eigenvalue weighted by Gasteiger charge is 1.84. The lowest BCUT2D eigenvalue weighted by Crippen LogP contribution is -1.93. The fourth-order valence-electron chi connectivity index (χ4n) is 0.751. The Hall–Kier alpha value is -0.755. The van der Waals surface area contributed by atoms with Gasteiger partial charge in [-0.25, -0.2) is 0 Å². The molecule has 0 N–H and O–H groups in total. The topological polar surface area (TPSA) is 9.23 Å². The predicted octanol–water partition coefficient (Wildman–Crippen LogP) is 1.33. The van der Waals surface area contributed by atoms with Crippen LogP contribution in [-0.2, 0) is 11.3 Å². The Bertz CT molecular complexity index is 174. The minimum absolute atomic E-state index is 0.287. The Labute approximate surface area is 62.4 Å². The SMILES string of the molecule is [B-]COCc1ccccc1. The van der Waals surface area contributed by atoms with E-state index in [1.54, 1.807) is 0 Å². The Kier molecular flexibility index (Phi) is 3.03. The summed E-state index contributed by atoms with van der Waals surface area (Å²) >= 11 is 0. The van der Waals surface area contributed by atoms with Crippen molar-refractivity contribution in [1.29, 1.82) is 0 Å². The maximum Gasteiger partial charge on any atom is 0.0668 e. The minimum Gasteiger partial charge on any atom is -0.589 e. The number of benzene rings is 1. The molecule has 0 atom stereocenters. The minimum atomic E-state index is 0.287. The van der Waals surface area contributed by atoms with E-state index < -0.39 is 0 Å². The molecule has 0 aliphatic heterocycles. The molecule has 0 saturated carbocycles. The summed E-state index contributed by atoms with van der Waals surface area (Å²) in [6, 6.07) is 9.96. The molecule has 0 aromatic heterocycles. The van der Waals surface area contributed by atoms with Crippen molar-refractivity contribution in [1.82, 2.24) is 0 Å². The van der Waals surface area contributed by atoms with Gasteiger partial charge in [0.25, 0.3) is 0 Å². The second kappa shape index (κ2) is 4.12. The van der Waals surface area contributed by atoms with Gasteiger partial charge in [0.2, 0.25) is 0 Å². The van der Waals surface area contributed by atoms with Gasteiger partial charge in [0.15, 0.2) is 0 Å². The van der Waals surface area contributed by atoms with Crippen LogP contribution in [0, 0.1) is 0 Å². The van der Waals surface area contributed by atoms with E-state index in [0.29, 0.717) is 6.61 Å². The van der Waals surface area contributed by atoms with Crippen molar-refractivity contribution >= 4 is 7.85 Å². The third kappa shape index (κ3) is 2.23. The Balaban J connectivity index is 2.43. The molecule has 1 aromatic rings. The van der Waals surface area contributed by atoms with Crippen LogP contribution in [-0.4, -0.2) is 14.4 Å². The fraction of sp³-hybridized carbons (Fsp3) is 0.250. The second-order valence-corrected chi connectivity index (χ2v) is 2.00. The molecular weight excluding hydrogens is 123 g/mol. The molecule has 1 nitrogen and oxygen atoms in total. The average Bonchev–Trinajstić information content (AvgIpc) is 2.03. The van der Waals surface area contributed by atoms with Gasteiger partial charge in [0, 0.05) is 0 Å². The maximum absolute atomic E-state index is 5.15. The number of ether oxygens (including phenoxy) is 1. The summed E-state index contributed by atoms with van der Waals surface area (Å²) in [7, 11) is 5.15. The van der Waals surface area contributed by atoms with E-state index in [4.69, 9.17) is 12.6 Å². The smallest absolute Gasteiger partial charge is 0.0668 e. The van der Waals surface area contributed by atoms with Gasteiger partial charge in [-0.05, 0) is 5.56 Å². The third-order valence-electron chi connectivity index (χ3n) is 1.23. The van der Waals surface area contributed by atoms with Crippen LogP contribution >= 0.6 is 0 Å². The molecule has 0 amide bonds. The van der Waals surface area contributed by atoms with E-state index in [2.05, 4.69) is 0 Å². The van der Waals surface area contributed by atoms with Crippen LogP contribution in [0.4, 0.5) is 0 Å². The molecule has 10 heavy (non-hydrogen) atoms. The van der Waals surface area contributed by atoms with Crippen molar-refractivity contribution in [3.63, 3.8) is 0 Å². The van der Waals surface area contributed by atoms with E-state index >= 15 is 0 Å². The predicted molar refractivity (Wildman–Crippen MR) is 41.9 cm³/mol. The zero-order chi connectivity index (χ0) is 7.23. The molecule has 0 saturated heterocycles. The zero-order valence-corrected chi connectivity index (χ0v) is 5.79. The quantitative estimate of drug-likeness (QED) is 0.563. The lowest BCUT2D eigenvalue weighted by Gasteiger charge is -2.06. The monoisotopic (exact) mass is 132 g/mol. The number of hydrogen-bond donors (Lipinski definition) is 0. The first kappa shape index (κ1) is 7.35. The molecule has 3 radical (unpaired) electrons. The average molecular weight is 132 g/mol. The normalized spacial score (nSPS) is 9.70. The second-order valence-electron chi connectivity index (χ2n) is 2.00. The summed E-state index contributed by atoms with van der Waals surface area (Å²) in [5.74, 6) is 0. The van der Waals surface area contributed by atoms with Crippen LogP contribution in [0.25, 0.3) is 0 Å². The van der Waals surface area contributed by atoms with Crippen LogP contribution in [0.15, 0.2) is 30.3 Å². The first-order valence-corrected chi connectivity index (χ1v) is 3.25. The molecule has 0 heterocycles. The van der Waals surface area contributed by atoms with E-state index in [-0.39, 0.29) is 6.51 Å². The molecular formula is C8H9BO-. The molecule has 51 valence electrons. The molecule has 1 aromatic carbocycles. The highest BCUT2D eigenvalue weighted by molar-refractivity contribution is 6.08. The summed E-state index contributed by atoms with van der Waals surface area (Å²) in [6.45, 7) is 0.895. The molecule has 0 bridgehead atoms. The van der Waals surface area contributed by atoms with Crippen LogP contribution in [0.3, 0.4) is 0 Å². The van der Waals surface area contributed by atoms with Gasteiger partial charge in [-0.1, -0.05) is 30.3 Å². The van der Waals surface area contributed by atoms with Crippen LogP contribution in [0.5, 0.6) is 0 Å². The number of hydrogen-bond acceptors (Lipinski definition) is 1. The van der Waals surface area contributed by atoms with Crippen molar-refractivity contribution < 1.29 is 4.74 Å². The van der Waals surface area contributed by atoms with Crippen molar-refractivity contribution in [2.45, 2.75) is 6.61 Å². The maximum atomic E-state index is 5.15. The summed E-state index contributed by atoms with van der Waals surface area (Å²) in [4.78, 5) is 0. The molecule has 0 aliphatic carbocycles. The molecule has 0 spiro atoms. The first-order chi connectivity index (χ1) is 4.93. The van der Waals surface area contributed by atoms with E-state index in [1.807, 2.05) is 30.3 Å². The van der Waals surface area contributed by atoms with Crippen molar-refractivity contribution in [3.8, 4) is 0 Å². The molecule has 0 unspecified atom stereocenters. The molecule has 1 rings (SSSR count). The highest BCUT2D eigenvalue weighted by Crippen LogP contribution is 1.98. The summed E-state index contributed by atoms with van der Waals surface area (Å²) in [5, 5.41) is 0. The van der Waals surface area contributed by atoms with Crippen molar-refractivity contribution in [3.05, 3.63) is 35.9 Å². The lowest BCUT2D eigenvalue weighted by molar-refractivity contribution is 0.165.